The lowest BCUT2D eigenvalue weighted by Gasteiger charge is -2.10. The topological polar surface area (TPSA) is 66.4 Å². The van der Waals surface area contributed by atoms with Crippen molar-refractivity contribution >= 4 is 13.9 Å². The van der Waals surface area contributed by atoms with E-state index in [4.69, 9.17) is 4.89 Å². The van der Waals surface area contributed by atoms with Crippen LogP contribution in [0.25, 0.3) is 0 Å². The first-order chi connectivity index (χ1) is 13.7. The van der Waals surface area contributed by atoms with Gasteiger partial charge >= 0.3 is 0 Å². The number of hydrogen-bond donors (Lipinski definition) is 2. The smallest absolute Gasteiger partial charge is 0.232 e. The highest BCUT2D eigenvalue weighted by atomic mass is 31.1. The van der Waals surface area contributed by atoms with Crippen molar-refractivity contribution in [2.24, 2.45) is 5.92 Å². The molecule has 29 heavy (non-hydrogen) atoms. The average molecular weight is 424 g/mol. The van der Waals surface area contributed by atoms with E-state index in [1.807, 2.05) is 6.08 Å². The quantitative estimate of drug-likeness (QED) is 0.253. The van der Waals surface area contributed by atoms with Crippen LogP contribution in [0.5, 0.6) is 0 Å². The van der Waals surface area contributed by atoms with Crippen LogP contribution in [0.15, 0.2) is 47.1 Å². The Kier molecular flexibility index (Phi) is 15.6. The summed E-state index contributed by atoms with van der Waals surface area (Å²) in [7, 11) is -2.82. The van der Waals surface area contributed by atoms with Gasteiger partial charge in [-0.1, -0.05) is 60.9 Å². The SMILES string of the molecule is CC=CC(C)C/C(C)=C/CC/C(C)=C/CC/C(C)=C/CNC(=O)C(CC)[PH](=O)O. The molecule has 0 aliphatic heterocycles. The molecule has 3 unspecified atom stereocenters. The molecule has 0 fully saturated rings. The van der Waals surface area contributed by atoms with Crippen LogP contribution in [0, 0.1) is 5.92 Å². The van der Waals surface area contributed by atoms with E-state index in [-0.39, 0.29) is 5.91 Å². The highest BCUT2D eigenvalue weighted by molar-refractivity contribution is 7.40. The van der Waals surface area contributed by atoms with E-state index in [0.717, 1.165) is 32.1 Å². The Morgan fingerprint density at radius 3 is 2.10 bits per heavy atom. The minimum absolute atomic E-state index is 0.331. The van der Waals surface area contributed by atoms with E-state index in [9.17, 15) is 9.36 Å². The summed E-state index contributed by atoms with van der Waals surface area (Å²) in [6.45, 7) is 12.9. The van der Waals surface area contributed by atoms with Gasteiger partial charge in [0, 0.05) is 6.54 Å². The van der Waals surface area contributed by atoms with Gasteiger partial charge in [0.2, 0.25) is 13.9 Å². The number of carbonyl (C=O) groups excluding carboxylic acids is 1. The second kappa shape index (κ2) is 16.4. The summed E-state index contributed by atoms with van der Waals surface area (Å²) < 4.78 is 11.2. The van der Waals surface area contributed by atoms with Crippen LogP contribution < -0.4 is 5.32 Å². The number of amides is 1. The average Bonchev–Trinajstić information content (AvgIpc) is 2.62. The van der Waals surface area contributed by atoms with Crippen LogP contribution in [0.2, 0.25) is 0 Å². The minimum Gasteiger partial charge on any atom is -0.352 e. The third kappa shape index (κ3) is 14.3. The second-order valence-electron chi connectivity index (χ2n) is 7.98. The van der Waals surface area contributed by atoms with E-state index in [1.54, 1.807) is 6.92 Å². The van der Waals surface area contributed by atoms with Gasteiger partial charge in [0.15, 0.2) is 0 Å². The first kappa shape index (κ1) is 27.6. The lowest BCUT2D eigenvalue weighted by molar-refractivity contribution is -0.120. The van der Waals surface area contributed by atoms with Crippen molar-refractivity contribution in [1.82, 2.24) is 5.32 Å². The minimum atomic E-state index is -2.82. The van der Waals surface area contributed by atoms with Gasteiger partial charge in [-0.25, -0.2) is 0 Å². The van der Waals surface area contributed by atoms with E-state index in [2.05, 4.69) is 64.2 Å². The summed E-state index contributed by atoms with van der Waals surface area (Å²) in [5.74, 6) is 0.273. The van der Waals surface area contributed by atoms with Crippen molar-refractivity contribution < 1.29 is 14.3 Å². The summed E-state index contributed by atoms with van der Waals surface area (Å²) >= 11 is 0. The molecule has 5 heteroatoms. The zero-order valence-electron chi connectivity index (χ0n) is 19.3. The standard InChI is InChI=1S/C24H42NO3P/c1-7-11-21(5)18-22(6)15-10-13-19(3)12-9-14-20(4)16-17-25-24(26)23(8-2)29(27)28/h7,11-12,15-16,21,23,29H,8-10,13-14,17-18H2,1-6H3,(H,25,26)(H,27,28)/b11-7?,19-12+,20-16+,22-15+. The van der Waals surface area contributed by atoms with Crippen molar-refractivity contribution in [3.63, 3.8) is 0 Å². The van der Waals surface area contributed by atoms with Crippen LogP contribution in [0.1, 0.15) is 80.1 Å². The van der Waals surface area contributed by atoms with Gasteiger partial charge in [0.05, 0.1) is 0 Å². The van der Waals surface area contributed by atoms with Crippen LogP contribution in [0.3, 0.4) is 0 Å². The van der Waals surface area contributed by atoms with E-state index in [1.165, 1.54) is 16.7 Å². The molecule has 166 valence electrons. The molecule has 0 spiro atoms. The van der Waals surface area contributed by atoms with Crippen LogP contribution in [-0.4, -0.2) is 23.0 Å². The predicted octanol–water partition coefficient (Wildman–Crippen LogP) is 6.35. The summed E-state index contributed by atoms with van der Waals surface area (Å²) in [6, 6.07) is 0. The van der Waals surface area contributed by atoms with Gasteiger partial charge < -0.3 is 10.2 Å². The molecular weight excluding hydrogens is 381 g/mol. The van der Waals surface area contributed by atoms with E-state index < -0.39 is 13.7 Å². The molecule has 0 bridgehead atoms. The monoisotopic (exact) mass is 423 g/mol. The number of carbonyl (C=O) groups is 1. The highest BCUT2D eigenvalue weighted by Crippen LogP contribution is 2.25. The molecule has 0 aromatic rings. The first-order valence-electron chi connectivity index (χ1n) is 10.8. The van der Waals surface area contributed by atoms with Gasteiger partial charge in [0.1, 0.15) is 5.66 Å². The molecule has 0 heterocycles. The normalized spacial score (nSPS) is 16.7. The fraction of sp³-hybridized carbons (Fsp3) is 0.625. The van der Waals surface area contributed by atoms with E-state index in [0.29, 0.717) is 18.9 Å². The van der Waals surface area contributed by atoms with Crippen LogP contribution >= 0.6 is 8.03 Å². The second-order valence-corrected chi connectivity index (χ2v) is 9.35. The molecule has 3 atom stereocenters. The molecule has 4 nitrogen and oxygen atoms in total. The molecule has 0 rings (SSSR count). The molecule has 0 saturated heterocycles. The van der Waals surface area contributed by atoms with Crippen LogP contribution in [0.4, 0.5) is 0 Å². The number of allylic oxidation sites excluding steroid dienone is 7. The van der Waals surface area contributed by atoms with Crippen molar-refractivity contribution in [2.45, 2.75) is 85.7 Å². The summed E-state index contributed by atoms with van der Waals surface area (Å²) in [4.78, 5) is 21.0. The van der Waals surface area contributed by atoms with Gasteiger partial charge in [0.25, 0.3) is 0 Å². The third-order valence-electron chi connectivity index (χ3n) is 4.98. The summed E-state index contributed by atoms with van der Waals surface area (Å²) in [5.41, 5.74) is 3.31. The Hall–Kier alpha value is -1.38. The maximum atomic E-state index is 11.8. The molecule has 0 aliphatic carbocycles. The molecule has 0 saturated carbocycles. The molecule has 2 N–H and O–H groups in total. The zero-order chi connectivity index (χ0) is 22.2. The zero-order valence-corrected chi connectivity index (χ0v) is 20.3. The predicted molar refractivity (Wildman–Crippen MR) is 127 cm³/mol. The Morgan fingerprint density at radius 1 is 1.03 bits per heavy atom. The van der Waals surface area contributed by atoms with Gasteiger partial charge in [-0.05, 0) is 72.1 Å². The van der Waals surface area contributed by atoms with Gasteiger partial charge in [-0.2, -0.15) is 0 Å². The van der Waals surface area contributed by atoms with Crippen molar-refractivity contribution in [2.75, 3.05) is 6.54 Å². The van der Waals surface area contributed by atoms with Crippen LogP contribution in [-0.2, 0) is 9.36 Å². The molecule has 0 aromatic carbocycles. The summed E-state index contributed by atoms with van der Waals surface area (Å²) in [6.07, 6.45) is 16.6. The number of nitrogens with one attached hydrogen (secondary N) is 1. The lowest BCUT2D eigenvalue weighted by atomic mass is 10.00. The Labute approximate surface area is 179 Å². The number of rotatable bonds is 14. The maximum absolute atomic E-state index is 11.8. The number of hydrogen-bond acceptors (Lipinski definition) is 2. The molecule has 1 amide bonds. The molecule has 0 aromatic heterocycles. The largest absolute Gasteiger partial charge is 0.352 e. The highest BCUT2D eigenvalue weighted by Gasteiger charge is 2.20. The Morgan fingerprint density at radius 2 is 1.59 bits per heavy atom. The van der Waals surface area contributed by atoms with Gasteiger partial charge in [-0.3, -0.25) is 9.36 Å². The molecular formula is C24H42NO3P. The fourth-order valence-electron chi connectivity index (χ4n) is 3.21. The van der Waals surface area contributed by atoms with E-state index >= 15 is 0 Å². The Bertz CT molecular complexity index is 632. The summed E-state index contributed by atoms with van der Waals surface area (Å²) in [5, 5.41) is 2.73. The lowest BCUT2D eigenvalue weighted by Crippen LogP contribution is -2.32. The molecule has 0 radical (unpaired) electrons. The maximum Gasteiger partial charge on any atom is 0.232 e. The molecule has 0 aliphatic rings. The fourth-order valence-corrected chi connectivity index (χ4v) is 3.88. The Balaban J connectivity index is 4.21. The van der Waals surface area contributed by atoms with Crippen molar-refractivity contribution in [3.05, 3.63) is 47.1 Å². The van der Waals surface area contributed by atoms with Crippen molar-refractivity contribution in [1.29, 1.82) is 0 Å². The van der Waals surface area contributed by atoms with Gasteiger partial charge in [-0.15, -0.1) is 0 Å². The third-order valence-corrected chi connectivity index (χ3v) is 6.24. The van der Waals surface area contributed by atoms with Crippen molar-refractivity contribution in [3.8, 4) is 0 Å². The first-order valence-corrected chi connectivity index (χ1v) is 12.2.